The van der Waals surface area contributed by atoms with Crippen LogP contribution in [0.5, 0.6) is 5.75 Å². The highest BCUT2D eigenvalue weighted by molar-refractivity contribution is 5.93. The summed E-state index contributed by atoms with van der Waals surface area (Å²) in [7, 11) is 0. The van der Waals surface area contributed by atoms with E-state index in [2.05, 4.69) is 20.5 Å². The molecule has 1 rings (SSSR count). The van der Waals surface area contributed by atoms with Gasteiger partial charge in [0, 0.05) is 12.2 Å². The van der Waals surface area contributed by atoms with Gasteiger partial charge in [0.15, 0.2) is 0 Å². The van der Waals surface area contributed by atoms with Gasteiger partial charge in [-0.15, -0.1) is 13.2 Å². The molecule has 1 aromatic carbocycles. The molecular formula is C12H17F3N4O. The molecule has 8 heteroatoms. The van der Waals surface area contributed by atoms with Crippen LogP contribution in [0.2, 0.25) is 0 Å². The van der Waals surface area contributed by atoms with Crippen LogP contribution in [0.3, 0.4) is 0 Å². The molecule has 0 saturated heterocycles. The summed E-state index contributed by atoms with van der Waals surface area (Å²) < 4.78 is 39.8. The van der Waals surface area contributed by atoms with Gasteiger partial charge in [-0.25, -0.2) is 5.84 Å². The van der Waals surface area contributed by atoms with E-state index in [9.17, 15) is 13.2 Å². The third-order valence-corrected chi connectivity index (χ3v) is 2.10. The number of guanidine groups is 1. The van der Waals surface area contributed by atoms with E-state index in [4.69, 9.17) is 5.84 Å². The van der Waals surface area contributed by atoms with Crippen LogP contribution in [0, 0.1) is 5.92 Å². The lowest BCUT2D eigenvalue weighted by atomic mass is 10.2. The van der Waals surface area contributed by atoms with E-state index in [-0.39, 0.29) is 5.75 Å². The summed E-state index contributed by atoms with van der Waals surface area (Å²) in [5.41, 5.74) is 2.93. The van der Waals surface area contributed by atoms with Gasteiger partial charge in [0.05, 0.1) is 0 Å². The molecular weight excluding hydrogens is 273 g/mol. The number of hydrogen-bond acceptors (Lipinski definition) is 3. The van der Waals surface area contributed by atoms with Crippen molar-refractivity contribution in [3.8, 4) is 5.75 Å². The fourth-order valence-electron chi connectivity index (χ4n) is 1.27. The summed E-state index contributed by atoms with van der Waals surface area (Å²) in [6.07, 6.45) is -4.70. The van der Waals surface area contributed by atoms with Gasteiger partial charge in [0.1, 0.15) is 5.75 Å². The highest BCUT2D eigenvalue weighted by Gasteiger charge is 2.30. The Morgan fingerprint density at radius 1 is 1.30 bits per heavy atom. The molecule has 0 radical (unpaired) electrons. The second-order valence-corrected chi connectivity index (χ2v) is 4.42. The lowest BCUT2D eigenvalue weighted by Crippen LogP contribution is -2.36. The fourth-order valence-corrected chi connectivity index (χ4v) is 1.27. The van der Waals surface area contributed by atoms with Crippen LogP contribution in [-0.2, 0) is 0 Å². The number of rotatable bonds is 4. The van der Waals surface area contributed by atoms with E-state index in [0.717, 1.165) is 0 Å². The van der Waals surface area contributed by atoms with E-state index < -0.39 is 6.36 Å². The largest absolute Gasteiger partial charge is 0.573 e. The van der Waals surface area contributed by atoms with Crippen LogP contribution < -0.4 is 21.3 Å². The molecule has 1 aromatic rings. The first-order valence-corrected chi connectivity index (χ1v) is 5.94. The molecule has 5 nitrogen and oxygen atoms in total. The van der Waals surface area contributed by atoms with Crippen LogP contribution >= 0.6 is 0 Å². The van der Waals surface area contributed by atoms with E-state index in [1.165, 1.54) is 24.3 Å². The summed E-state index contributed by atoms with van der Waals surface area (Å²) >= 11 is 0. The zero-order valence-corrected chi connectivity index (χ0v) is 11.2. The fraction of sp³-hybridized carbons (Fsp3) is 0.417. The number of hydrazine groups is 1. The van der Waals surface area contributed by atoms with Gasteiger partial charge in [-0.05, 0) is 30.2 Å². The number of alkyl halides is 3. The van der Waals surface area contributed by atoms with Gasteiger partial charge < -0.3 is 10.1 Å². The number of benzene rings is 1. The minimum absolute atomic E-state index is 0.288. The Kier molecular flexibility index (Phi) is 5.63. The smallest absolute Gasteiger partial charge is 0.406 e. The van der Waals surface area contributed by atoms with Gasteiger partial charge in [-0.3, -0.25) is 10.4 Å². The molecule has 112 valence electrons. The summed E-state index contributed by atoms with van der Waals surface area (Å²) in [4.78, 5) is 4.18. The van der Waals surface area contributed by atoms with Gasteiger partial charge in [-0.1, -0.05) is 13.8 Å². The Morgan fingerprint density at radius 2 is 1.90 bits per heavy atom. The van der Waals surface area contributed by atoms with Crippen molar-refractivity contribution in [2.45, 2.75) is 20.2 Å². The summed E-state index contributed by atoms with van der Waals surface area (Å²) in [6, 6.07) is 5.27. The average molecular weight is 290 g/mol. The molecule has 0 bridgehead atoms. The first-order chi connectivity index (χ1) is 9.30. The van der Waals surface area contributed by atoms with E-state index in [1.807, 2.05) is 13.8 Å². The second-order valence-electron chi connectivity index (χ2n) is 4.42. The number of nitrogens with one attached hydrogen (secondary N) is 2. The van der Waals surface area contributed by atoms with Crippen molar-refractivity contribution >= 4 is 11.6 Å². The van der Waals surface area contributed by atoms with E-state index in [1.54, 1.807) is 0 Å². The molecule has 0 heterocycles. The predicted octanol–water partition coefficient (Wildman–Crippen LogP) is 2.47. The van der Waals surface area contributed by atoms with Gasteiger partial charge in [-0.2, -0.15) is 0 Å². The van der Waals surface area contributed by atoms with Crippen LogP contribution in [0.25, 0.3) is 0 Å². The molecule has 0 atom stereocenters. The molecule has 0 aliphatic carbocycles. The van der Waals surface area contributed by atoms with Crippen molar-refractivity contribution in [3.05, 3.63) is 24.3 Å². The Labute approximate surface area is 115 Å². The van der Waals surface area contributed by atoms with Crippen molar-refractivity contribution in [1.82, 2.24) is 5.43 Å². The third-order valence-electron chi connectivity index (χ3n) is 2.10. The van der Waals surface area contributed by atoms with Crippen molar-refractivity contribution in [3.63, 3.8) is 0 Å². The lowest BCUT2D eigenvalue weighted by Gasteiger charge is -2.12. The molecule has 0 aliphatic heterocycles. The molecule has 0 spiro atoms. The maximum Gasteiger partial charge on any atom is 0.573 e. The number of anilines is 1. The Morgan fingerprint density at radius 3 is 2.35 bits per heavy atom. The normalized spacial score (nSPS) is 12.4. The molecule has 0 saturated carbocycles. The molecule has 20 heavy (non-hydrogen) atoms. The first kappa shape index (κ1) is 16.1. The Bertz CT molecular complexity index is 443. The van der Waals surface area contributed by atoms with Gasteiger partial charge in [0.25, 0.3) is 0 Å². The molecule has 0 aromatic heterocycles. The zero-order valence-electron chi connectivity index (χ0n) is 11.2. The van der Waals surface area contributed by atoms with Crippen molar-refractivity contribution in [1.29, 1.82) is 0 Å². The SMILES string of the molecule is CC(C)CN=C(NN)Nc1ccc(OC(F)(F)F)cc1. The predicted molar refractivity (Wildman–Crippen MR) is 71.2 cm³/mol. The number of aliphatic imine (C=N–C) groups is 1. The minimum Gasteiger partial charge on any atom is -0.406 e. The second kappa shape index (κ2) is 6.99. The quantitative estimate of drug-likeness (QED) is 0.345. The number of nitrogens with two attached hydrogens (primary N) is 1. The van der Waals surface area contributed by atoms with Crippen LogP contribution in [0.1, 0.15) is 13.8 Å². The molecule has 0 fully saturated rings. The first-order valence-electron chi connectivity index (χ1n) is 5.94. The highest BCUT2D eigenvalue weighted by Crippen LogP contribution is 2.23. The zero-order chi connectivity index (χ0) is 15.2. The van der Waals surface area contributed by atoms with Crippen LogP contribution in [0.4, 0.5) is 18.9 Å². The number of nitrogens with zero attached hydrogens (tertiary/aromatic N) is 1. The monoisotopic (exact) mass is 290 g/mol. The topological polar surface area (TPSA) is 71.7 Å². The average Bonchev–Trinajstić information content (AvgIpc) is 2.34. The van der Waals surface area contributed by atoms with Gasteiger partial charge in [0.2, 0.25) is 5.96 Å². The van der Waals surface area contributed by atoms with Crippen molar-refractivity contribution in [2.24, 2.45) is 16.8 Å². The highest BCUT2D eigenvalue weighted by atomic mass is 19.4. The maximum absolute atomic E-state index is 12.0. The summed E-state index contributed by atoms with van der Waals surface area (Å²) in [5, 5.41) is 2.85. The molecule has 0 unspecified atom stereocenters. The minimum atomic E-state index is -4.70. The van der Waals surface area contributed by atoms with Gasteiger partial charge >= 0.3 is 6.36 Å². The Hall–Kier alpha value is -1.96. The molecule has 4 N–H and O–H groups in total. The van der Waals surface area contributed by atoms with Crippen molar-refractivity contribution < 1.29 is 17.9 Å². The molecule has 0 aliphatic rings. The van der Waals surface area contributed by atoms with Crippen molar-refractivity contribution in [2.75, 3.05) is 11.9 Å². The molecule has 0 amide bonds. The standard InChI is InChI=1S/C12H17F3N4O/c1-8(2)7-17-11(19-16)18-9-3-5-10(6-4-9)20-12(13,14)15/h3-6,8H,7,16H2,1-2H3,(H2,17,18,19). The summed E-state index contributed by atoms with van der Waals surface area (Å²) in [6.45, 7) is 4.57. The maximum atomic E-state index is 12.0. The number of halogens is 3. The van der Waals surface area contributed by atoms with E-state index in [0.29, 0.717) is 24.1 Å². The summed E-state index contributed by atoms with van der Waals surface area (Å²) in [5.74, 6) is 5.72. The van der Waals surface area contributed by atoms with Crippen LogP contribution in [0.15, 0.2) is 29.3 Å². The number of hydrogen-bond donors (Lipinski definition) is 3. The van der Waals surface area contributed by atoms with Crippen LogP contribution in [-0.4, -0.2) is 18.9 Å². The third kappa shape index (κ3) is 6.28. The lowest BCUT2D eigenvalue weighted by molar-refractivity contribution is -0.274. The number of ether oxygens (including phenoxy) is 1. The Balaban J connectivity index is 2.66. The van der Waals surface area contributed by atoms with E-state index >= 15 is 0 Å².